The molecule has 0 unspecified atom stereocenters. The van der Waals surface area contributed by atoms with Crippen LogP contribution in [0.3, 0.4) is 0 Å². The van der Waals surface area contributed by atoms with Crippen molar-refractivity contribution in [1.82, 2.24) is 0 Å². The van der Waals surface area contributed by atoms with Crippen LogP contribution >= 0.6 is 0 Å². The van der Waals surface area contributed by atoms with Crippen molar-refractivity contribution < 1.29 is 19.4 Å². The number of nitrogens with two attached hydrogens (primary N) is 1. The number of carboxylic acids is 1. The number of aliphatic carboxylic acids is 1. The third-order valence-corrected chi connectivity index (χ3v) is 3.21. The molecule has 0 heterocycles. The van der Waals surface area contributed by atoms with E-state index in [1.54, 1.807) is 26.4 Å². The van der Waals surface area contributed by atoms with Crippen molar-refractivity contribution in [2.75, 3.05) is 14.2 Å². The molecule has 0 aromatic heterocycles. The van der Waals surface area contributed by atoms with Gasteiger partial charge in [-0.3, -0.25) is 4.79 Å². The molecular weight excluding hydrogens is 222 g/mol. The molecule has 17 heavy (non-hydrogen) atoms. The smallest absolute Gasteiger partial charge is 0.324 e. The van der Waals surface area contributed by atoms with Crippen LogP contribution in [0.15, 0.2) is 18.2 Å². The van der Waals surface area contributed by atoms with E-state index in [0.717, 1.165) is 5.56 Å². The Morgan fingerprint density at radius 3 is 2.53 bits per heavy atom. The van der Waals surface area contributed by atoms with Crippen molar-refractivity contribution >= 4 is 5.97 Å². The Kier molecular flexibility index (Phi) is 2.71. The third kappa shape index (κ3) is 1.82. The second kappa shape index (κ2) is 3.92. The van der Waals surface area contributed by atoms with Gasteiger partial charge in [-0.05, 0) is 24.1 Å². The first kappa shape index (κ1) is 11.7. The lowest BCUT2D eigenvalue weighted by Crippen LogP contribution is -2.34. The van der Waals surface area contributed by atoms with Gasteiger partial charge in [0.2, 0.25) is 0 Å². The molecule has 1 aliphatic rings. The molecule has 92 valence electrons. The monoisotopic (exact) mass is 237 g/mol. The van der Waals surface area contributed by atoms with Crippen LogP contribution < -0.4 is 15.2 Å². The molecule has 5 nitrogen and oxygen atoms in total. The number of methoxy groups -OCH3 is 2. The van der Waals surface area contributed by atoms with E-state index in [0.29, 0.717) is 17.9 Å². The summed E-state index contributed by atoms with van der Waals surface area (Å²) in [5, 5.41) is 8.99. The molecule has 0 amide bonds. The fraction of sp³-hybridized carbons (Fsp3) is 0.417. The molecule has 2 rings (SSSR count). The van der Waals surface area contributed by atoms with E-state index >= 15 is 0 Å². The van der Waals surface area contributed by atoms with Gasteiger partial charge in [-0.15, -0.1) is 0 Å². The Morgan fingerprint density at radius 2 is 2.06 bits per heavy atom. The van der Waals surface area contributed by atoms with E-state index in [-0.39, 0.29) is 5.92 Å². The molecule has 1 aromatic carbocycles. The van der Waals surface area contributed by atoms with Gasteiger partial charge in [-0.2, -0.15) is 0 Å². The van der Waals surface area contributed by atoms with E-state index < -0.39 is 11.5 Å². The van der Waals surface area contributed by atoms with Gasteiger partial charge >= 0.3 is 5.97 Å². The minimum Gasteiger partial charge on any atom is -0.493 e. The molecule has 0 saturated heterocycles. The summed E-state index contributed by atoms with van der Waals surface area (Å²) in [4.78, 5) is 11.0. The summed E-state index contributed by atoms with van der Waals surface area (Å²) in [6, 6.07) is 5.36. The summed E-state index contributed by atoms with van der Waals surface area (Å²) < 4.78 is 10.3. The highest BCUT2D eigenvalue weighted by molar-refractivity contribution is 5.85. The number of ether oxygens (including phenoxy) is 2. The molecule has 1 aromatic rings. The Hall–Kier alpha value is -1.75. The van der Waals surface area contributed by atoms with Crippen LogP contribution in [0.25, 0.3) is 0 Å². The SMILES string of the molecule is COc1ccc([C@H]2C[C@]2(N)C(=O)O)cc1OC. The predicted octanol–water partition coefficient (Wildman–Crippen LogP) is 0.973. The van der Waals surface area contributed by atoms with Crippen molar-refractivity contribution in [2.24, 2.45) is 5.73 Å². The van der Waals surface area contributed by atoms with Gasteiger partial charge < -0.3 is 20.3 Å². The summed E-state index contributed by atoms with van der Waals surface area (Å²) in [5.74, 6) is 0.0941. The fourth-order valence-electron chi connectivity index (χ4n) is 2.00. The lowest BCUT2D eigenvalue weighted by molar-refractivity contribution is -0.139. The van der Waals surface area contributed by atoms with Crippen LogP contribution in [0.5, 0.6) is 11.5 Å². The normalized spacial score (nSPS) is 26.4. The maximum atomic E-state index is 11.0. The zero-order valence-corrected chi connectivity index (χ0v) is 9.77. The zero-order valence-electron chi connectivity index (χ0n) is 9.77. The lowest BCUT2D eigenvalue weighted by atomic mass is 10.1. The summed E-state index contributed by atoms with van der Waals surface area (Å²) in [6.07, 6.45) is 0.456. The number of carbonyl (C=O) groups is 1. The number of carboxylic acid groups (broad SMARTS) is 1. The predicted molar refractivity (Wildman–Crippen MR) is 61.5 cm³/mol. The topological polar surface area (TPSA) is 81.8 Å². The summed E-state index contributed by atoms with van der Waals surface area (Å²) in [7, 11) is 3.10. The molecule has 0 radical (unpaired) electrons. The highest BCUT2D eigenvalue weighted by atomic mass is 16.5. The van der Waals surface area contributed by atoms with Crippen LogP contribution in [0.1, 0.15) is 17.9 Å². The molecule has 3 N–H and O–H groups in total. The van der Waals surface area contributed by atoms with Crippen molar-refractivity contribution in [3.63, 3.8) is 0 Å². The zero-order chi connectivity index (χ0) is 12.6. The van der Waals surface area contributed by atoms with Gasteiger partial charge in [0.1, 0.15) is 5.54 Å². The second-order valence-corrected chi connectivity index (χ2v) is 4.22. The fourth-order valence-corrected chi connectivity index (χ4v) is 2.00. The van der Waals surface area contributed by atoms with Gasteiger partial charge in [0, 0.05) is 5.92 Å². The molecule has 0 aliphatic heterocycles. The molecule has 0 bridgehead atoms. The molecule has 0 spiro atoms. The number of benzene rings is 1. The van der Waals surface area contributed by atoms with Crippen LogP contribution in [0.2, 0.25) is 0 Å². The Balaban J connectivity index is 2.28. The minimum atomic E-state index is -1.13. The Labute approximate surface area is 99.1 Å². The first-order valence-electron chi connectivity index (χ1n) is 5.27. The van der Waals surface area contributed by atoms with Crippen molar-refractivity contribution in [2.45, 2.75) is 17.9 Å². The first-order chi connectivity index (χ1) is 8.02. The number of hydrogen-bond acceptors (Lipinski definition) is 4. The molecule has 1 aliphatic carbocycles. The van der Waals surface area contributed by atoms with E-state index in [4.69, 9.17) is 20.3 Å². The van der Waals surface area contributed by atoms with Gasteiger partial charge in [-0.1, -0.05) is 6.07 Å². The molecule has 5 heteroatoms. The Morgan fingerprint density at radius 1 is 1.41 bits per heavy atom. The van der Waals surface area contributed by atoms with E-state index in [1.807, 2.05) is 6.07 Å². The van der Waals surface area contributed by atoms with E-state index in [2.05, 4.69) is 0 Å². The molecule has 1 saturated carbocycles. The highest BCUT2D eigenvalue weighted by Crippen LogP contribution is 2.50. The quantitative estimate of drug-likeness (QED) is 0.815. The Bertz CT molecular complexity index is 460. The standard InChI is InChI=1S/C12H15NO4/c1-16-9-4-3-7(5-10(9)17-2)8-6-12(8,13)11(14)15/h3-5,8H,6,13H2,1-2H3,(H,14,15)/t8-,12-/m1/s1. The number of hydrogen-bond donors (Lipinski definition) is 2. The molecule has 2 atom stereocenters. The van der Waals surface area contributed by atoms with Crippen LogP contribution in [-0.4, -0.2) is 30.8 Å². The van der Waals surface area contributed by atoms with Crippen molar-refractivity contribution in [1.29, 1.82) is 0 Å². The van der Waals surface area contributed by atoms with Crippen LogP contribution in [0, 0.1) is 0 Å². The van der Waals surface area contributed by atoms with E-state index in [1.165, 1.54) is 0 Å². The van der Waals surface area contributed by atoms with Crippen molar-refractivity contribution in [3.8, 4) is 11.5 Å². The van der Waals surface area contributed by atoms with Gasteiger partial charge in [0.15, 0.2) is 11.5 Å². The summed E-state index contributed by atoms with van der Waals surface area (Å²) in [6.45, 7) is 0. The third-order valence-electron chi connectivity index (χ3n) is 3.21. The number of rotatable bonds is 4. The maximum absolute atomic E-state index is 11.0. The summed E-state index contributed by atoms with van der Waals surface area (Å²) in [5.41, 5.74) is 5.50. The van der Waals surface area contributed by atoms with Crippen LogP contribution in [-0.2, 0) is 4.79 Å². The molecule has 1 fully saturated rings. The minimum absolute atomic E-state index is 0.153. The first-order valence-corrected chi connectivity index (χ1v) is 5.27. The van der Waals surface area contributed by atoms with Crippen LogP contribution in [0.4, 0.5) is 0 Å². The molecular formula is C12H15NO4. The van der Waals surface area contributed by atoms with Crippen molar-refractivity contribution in [3.05, 3.63) is 23.8 Å². The van der Waals surface area contributed by atoms with Gasteiger partial charge in [-0.25, -0.2) is 0 Å². The van der Waals surface area contributed by atoms with Gasteiger partial charge in [0.05, 0.1) is 14.2 Å². The average Bonchev–Trinajstić information content (AvgIpc) is 3.02. The van der Waals surface area contributed by atoms with Gasteiger partial charge in [0.25, 0.3) is 0 Å². The summed E-state index contributed by atoms with van der Waals surface area (Å²) >= 11 is 0. The second-order valence-electron chi connectivity index (χ2n) is 4.22. The maximum Gasteiger partial charge on any atom is 0.324 e. The van der Waals surface area contributed by atoms with E-state index in [9.17, 15) is 4.79 Å². The largest absolute Gasteiger partial charge is 0.493 e. The highest BCUT2D eigenvalue weighted by Gasteiger charge is 2.58. The average molecular weight is 237 g/mol. The lowest BCUT2D eigenvalue weighted by Gasteiger charge is -2.10.